The maximum Gasteiger partial charge on any atom is 0.141 e. The van der Waals surface area contributed by atoms with Crippen molar-refractivity contribution < 1.29 is 4.74 Å². The van der Waals surface area contributed by atoms with Crippen molar-refractivity contribution in [1.82, 2.24) is 34.1 Å². The van der Waals surface area contributed by atoms with Crippen LogP contribution in [0.3, 0.4) is 0 Å². The molecule has 0 bridgehead atoms. The van der Waals surface area contributed by atoms with Gasteiger partial charge in [-0.25, -0.2) is 4.98 Å². The molecule has 258 valence electrons. The minimum absolute atomic E-state index is 0.349. The van der Waals surface area contributed by atoms with Crippen LogP contribution < -0.4 is 4.74 Å². The van der Waals surface area contributed by atoms with Crippen molar-refractivity contribution in [1.29, 1.82) is 10.5 Å². The van der Waals surface area contributed by atoms with Gasteiger partial charge in [0.2, 0.25) is 0 Å². The molecule has 2 aliphatic rings. The Morgan fingerprint density at radius 2 is 1.09 bits per heavy atom. The first kappa shape index (κ1) is 30.3. The highest BCUT2D eigenvalue weighted by atomic mass is 16.5. The Morgan fingerprint density at radius 3 is 1.70 bits per heavy atom. The quantitative estimate of drug-likeness (QED) is 0.173. The number of fused-ring (bicyclic) bond motifs is 15. The molecule has 10 nitrogen and oxygen atoms in total. The summed E-state index contributed by atoms with van der Waals surface area (Å²) in [5.41, 5.74) is 11.2. The third-order valence-corrected chi connectivity index (χ3v) is 11.4. The lowest BCUT2D eigenvalue weighted by atomic mass is 9.66. The maximum atomic E-state index is 9.74. The van der Waals surface area contributed by atoms with Crippen molar-refractivity contribution in [2.45, 2.75) is 5.41 Å². The van der Waals surface area contributed by atoms with Gasteiger partial charge in [-0.05, 0) is 71.8 Å². The minimum atomic E-state index is -0.789. The predicted octanol–water partition coefficient (Wildman–Crippen LogP) is 9.07. The van der Waals surface area contributed by atoms with Gasteiger partial charge in [0.15, 0.2) is 0 Å². The van der Waals surface area contributed by atoms with E-state index in [0.717, 1.165) is 88.6 Å². The summed E-state index contributed by atoms with van der Waals surface area (Å²) < 4.78 is 11.4. The van der Waals surface area contributed by atoms with Crippen molar-refractivity contribution in [2.24, 2.45) is 0 Å². The summed E-state index contributed by atoms with van der Waals surface area (Å²) in [5.74, 6) is 1.37. The highest BCUT2D eigenvalue weighted by Gasteiger charge is 2.52. The monoisotopic (exact) mass is 717 g/mol. The molecule has 0 amide bonds. The SMILES string of the molecule is N#Cc1ccc2c(c1)c1ccncc1n2-c1ccc2c(c1)Oc1cc(-n3c4cnccc4c4cc(C#N)ncc43)ccc1C21c2cccnc2-c2ncccc21. The lowest BCUT2D eigenvalue weighted by molar-refractivity contribution is 0.436. The average molecular weight is 718 g/mol. The van der Waals surface area contributed by atoms with Crippen LogP contribution in [0.2, 0.25) is 0 Å². The van der Waals surface area contributed by atoms with Gasteiger partial charge in [-0.3, -0.25) is 19.9 Å². The normalized spacial score (nSPS) is 13.2. The lowest BCUT2D eigenvalue weighted by Gasteiger charge is -2.39. The molecule has 0 fully saturated rings. The minimum Gasteiger partial charge on any atom is -0.457 e. The zero-order valence-electron chi connectivity index (χ0n) is 29.2. The Hall–Kier alpha value is -8.21. The molecule has 0 radical (unpaired) electrons. The number of aromatic nitrogens is 7. The number of benzene rings is 3. The van der Waals surface area contributed by atoms with E-state index in [1.165, 1.54) is 0 Å². The van der Waals surface area contributed by atoms with Crippen LogP contribution in [0.5, 0.6) is 11.5 Å². The Kier molecular flexibility index (Phi) is 5.90. The first-order chi connectivity index (χ1) is 27.7. The summed E-state index contributed by atoms with van der Waals surface area (Å²) >= 11 is 0. The molecule has 12 rings (SSSR count). The summed E-state index contributed by atoms with van der Waals surface area (Å²) in [6, 6.07) is 37.0. The third kappa shape index (κ3) is 3.78. The average Bonchev–Trinajstić information content (AvgIpc) is 3.87. The van der Waals surface area contributed by atoms with E-state index in [0.29, 0.717) is 22.8 Å². The summed E-state index contributed by atoms with van der Waals surface area (Å²) in [7, 11) is 0. The van der Waals surface area contributed by atoms with Gasteiger partial charge in [-0.1, -0.05) is 24.3 Å². The van der Waals surface area contributed by atoms with Crippen LogP contribution >= 0.6 is 0 Å². The molecule has 1 spiro atoms. The van der Waals surface area contributed by atoms with Gasteiger partial charge in [-0.2, -0.15) is 10.5 Å². The number of ether oxygens (including phenoxy) is 1. The Balaban J connectivity index is 1.15. The second kappa shape index (κ2) is 10.9. The molecule has 10 aromatic rings. The molecule has 3 aromatic carbocycles. The highest BCUT2D eigenvalue weighted by Crippen LogP contribution is 2.61. The topological polar surface area (TPSA) is 131 Å². The summed E-state index contributed by atoms with van der Waals surface area (Å²) in [4.78, 5) is 23.2. The molecule has 0 saturated heterocycles. The first-order valence-corrected chi connectivity index (χ1v) is 18.0. The van der Waals surface area contributed by atoms with Crippen LogP contribution in [-0.2, 0) is 5.41 Å². The third-order valence-electron chi connectivity index (χ3n) is 11.4. The van der Waals surface area contributed by atoms with Crippen LogP contribution in [0.15, 0.2) is 140 Å². The van der Waals surface area contributed by atoms with Crippen molar-refractivity contribution in [2.75, 3.05) is 0 Å². The van der Waals surface area contributed by atoms with Gasteiger partial charge in [0.05, 0.1) is 74.8 Å². The molecule has 56 heavy (non-hydrogen) atoms. The standard InChI is InChI=1S/C46H23N9O/c47-21-26-5-10-38-32(17-26)30-11-15-49-23-39(30)54(38)28-6-8-34-42(19-28)56-43-20-29(55-40-24-50-16-12-31(40)33-18-27(22-48)53-25-41(33)55)7-9-35(43)46(34)36-3-1-13-51-44(36)45-37(46)4-2-14-52-45/h1-20,23-25H. The van der Waals surface area contributed by atoms with E-state index in [4.69, 9.17) is 14.7 Å². The number of nitrogens with zero attached hydrogens (tertiary/aromatic N) is 9. The Labute approximate surface area is 317 Å². The molecule has 0 unspecified atom stereocenters. The first-order valence-electron chi connectivity index (χ1n) is 18.0. The lowest BCUT2D eigenvalue weighted by Crippen LogP contribution is -2.32. The fraction of sp³-hybridized carbons (Fsp3) is 0.0217. The van der Waals surface area contributed by atoms with Gasteiger partial charge < -0.3 is 13.9 Å². The summed E-state index contributed by atoms with van der Waals surface area (Å²) in [6.07, 6.45) is 12.6. The largest absolute Gasteiger partial charge is 0.457 e. The van der Waals surface area contributed by atoms with E-state index >= 15 is 0 Å². The van der Waals surface area contributed by atoms with Gasteiger partial charge in [-0.15, -0.1) is 0 Å². The van der Waals surface area contributed by atoms with E-state index in [1.54, 1.807) is 18.6 Å². The van der Waals surface area contributed by atoms with Crippen LogP contribution in [-0.4, -0.2) is 34.1 Å². The molecular formula is C46H23N9O. The molecule has 0 N–H and O–H groups in total. The van der Waals surface area contributed by atoms with Gasteiger partial charge >= 0.3 is 0 Å². The van der Waals surface area contributed by atoms with Crippen molar-refractivity contribution in [3.63, 3.8) is 0 Å². The van der Waals surface area contributed by atoms with E-state index in [-0.39, 0.29) is 0 Å². The summed E-state index contributed by atoms with van der Waals surface area (Å²) in [6.45, 7) is 0. The number of hydrogen-bond donors (Lipinski definition) is 0. The molecule has 10 heteroatoms. The van der Waals surface area contributed by atoms with Crippen molar-refractivity contribution >= 4 is 43.6 Å². The van der Waals surface area contributed by atoms with Crippen molar-refractivity contribution in [3.8, 4) is 46.4 Å². The van der Waals surface area contributed by atoms with Crippen LogP contribution in [0, 0.1) is 22.7 Å². The van der Waals surface area contributed by atoms with Crippen LogP contribution in [0.4, 0.5) is 0 Å². The number of hydrogen-bond acceptors (Lipinski definition) is 8. The van der Waals surface area contributed by atoms with E-state index in [2.05, 4.69) is 84.8 Å². The smallest absolute Gasteiger partial charge is 0.141 e. The molecule has 7 aromatic heterocycles. The second-order valence-electron chi connectivity index (χ2n) is 14.0. The van der Waals surface area contributed by atoms with Gasteiger partial charge in [0.1, 0.15) is 23.3 Å². The second-order valence-corrected chi connectivity index (χ2v) is 14.0. The molecular weight excluding hydrogens is 695 g/mol. The molecule has 8 heterocycles. The maximum absolute atomic E-state index is 9.74. The zero-order chi connectivity index (χ0) is 37.1. The number of pyridine rings is 5. The molecule has 1 aliphatic heterocycles. The zero-order valence-corrected chi connectivity index (χ0v) is 29.2. The van der Waals surface area contributed by atoms with Gasteiger partial charge in [0, 0.05) is 75.3 Å². The molecule has 0 saturated carbocycles. The number of nitriles is 2. The Bertz CT molecular complexity index is 3230. The number of rotatable bonds is 2. The summed E-state index contributed by atoms with van der Waals surface area (Å²) in [5, 5.41) is 23.3. The van der Waals surface area contributed by atoms with Gasteiger partial charge in [0.25, 0.3) is 0 Å². The van der Waals surface area contributed by atoms with E-state index in [1.807, 2.05) is 73.3 Å². The molecule has 1 aliphatic carbocycles. The van der Waals surface area contributed by atoms with Crippen LogP contribution in [0.25, 0.3) is 66.4 Å². The van der Waals surface area contributed by atoms with Crippen molar-refractivity contribution in [3.05, 3.63) is 174 Å². The highest BCUT2D eigenvalue weighted by molar-refractivity contribution is 6.10. The van der Waals surface area contributed by atoms with E-state index < -0.39 is 5.41 Å². The Morgan fingerprint density at radius 1 is 0.500 bits per heavy atom. The van der Waals surface area contributed by atoms with Crippen LogP contribution in [0.1, 0.15) is 33.5 Å². The fourth-order valence-electron chi connectivity index (χ4n) is 9.19. The van der Waals surface area contributed by atoms with E-state index in [9.17, 15) is 10.5 Å². The molecule has 0 atom stereocenters. The predicted molar refractivity (Wildman–Crippen MR) is 211 cm³/mol. The fourth-order valence-corrected chi connectivity index (χ4v) is 9.19.